The molecule has 0 bridgehead atoms. The van der Waals surface area contributed by atoms with Crippen LogP contribution in [0.4, 0.5) is 0 Å². The van der Waals surface area contributed by atoms with E-state index in [0.717, 1.165) is 6.54 Å². The molecule has 0 saturated heterocycles. The Kier molecular flexibility index (Phi) is 8.97. The first-order valence-corrected chi connectivity index (χ1v) is 6.66. The summed E-state index contributed by atoms with van der Waals surface area (Å²) in [7, 11) is 4.01. The first-order chi connectivity index (χ1) is 8.40. The molecule has 0 radical (unpaired) electrons. The Morgan fingerprint density at radius 3 is 2.39 bits per heavy atom. The highest BCUT2D eigenvalue weighted by atomic mass is 16.5. The van der Waals surface area contributed by atoms with Gasteiger partial charge in [-0.05, 0) is 26.9 Å². The molecule has 5 nitrogen and oxygen atoms in total. The first-order valence-electron chi connectivity index (χ1n) is 6.66. The van der Waals surface area contributed by atoms with Crippen LogP contribution in [0.1, 0.15) is 27.2 Å². The average molecular weight is 259 g/mol. The lowest BCUT2D eigenvalue weighted by molar-refractivity contribution is -0.124. The lowest BCUT2D eigenvalue weighted by atomic mass is 10.0. The maximum atomic E-state index is 11.9. The molecule has 3 N–H and O–H groups in total. The number of hydrogen-bond donors (Lipinski definition) is 2. The van der Waals surface area contributed by atoms with E-state index in [1.807, 2.05) is 21.0 Å². The second-order valence-corrected chi connectivity index (χ2v) is 5.20. The smallest absolute Gasteiger partial charge is 0.222 e. The second-order valence-electron chi connectivity index (χ2n) is 5.20. The van der Waals surface area contributed by atoms with Crippen molar-refractivity contribution in [3.63, 3.8) is 0 Å². The van der Waals surface area contributed by atoms with Crippen LogP contribution in [0.5, 0.6) is 0 Å². The Labute approximate surface area is 111 Å². The zero-order chi connectivity index (χ0) is 14.1. The molecule has 0 fully saturated rings. The minimum absolute atomic E-state index is 0.0134. The SMILES string of the molecule is CCOC(CN)CC(=O)NC(CN(C)C)C(C)C. The highest BCUT2D eigenvalue weighted by Crippen LogP contribution is 2.04. The molecular weight excluding hydrogens is 230 g/mol. The normalized spacial score (nSPS) is 14.9. The lowest BCUT2D eigenvalue weighted by Crippen LogP contribution is -2.46. The molecule has 108 valence electrons. The van der Waals surface area contributed by atoms with E-state index in [1.54, 1.807) is 0 Å². The molecule has 0 rings (SSSR count). The molecule has 0 aliphatic carbocycles. The standard InChI is InChI=1S/C13H29N3O2/c1-6-18-11(8-14)7-13(17)15-12(10(2)3)9-16(4)5/h10-12H,6-9,14H2,1-5H3,(H,15,17). The largest absolute Gasteiger partial charge is 0.377 e. The molecule has 0 aliphatic heterocycles. The van der Waals surface area contributed by atoms with Crippen molar-refractivity contribution in [1.82, 2.24) is 10.2 Å². The van der Waals surface area contributed by atoms with Crippen molar-refractivity contribution < 1.29 is 9.53 Å². The van der Waals surface area contributed by atoms with Gasteiger partial charge in [-0.25, -0.2) is 0 Å². The van der Waals surface area contributed by atoms with Gasteiger partial charge in [-0.3, -0.25) is 4.79 Å². The maximum Gasteiger partial charge on any atom is 0.222 e. The Morgan fingerprint density at radius 2 is 2.00 bits per heavy atom. The summed E-state index contributed by atoms with van der Waals surface area (Å²) in [5.74, 6) is 0.416. The van der Waals surface area contributed by atoms with E-state index in [1.165, 1.54) is 0 Å². The van der Waals surface area contributed by atoms with E-state index in [9.17, 15) is 4.79 Å². The van der Waals surface area contributed by atoms with Crippen LogP contribution in [0.25, 0.3) is 0 Å². The molecule has 18 heavy (non-hydrogen) atoms. The van der Waals surface area contributed by atoms with Gasteiger partial charge in [0.25, 0.3) is 0 Å². The minimum Gasteiger partial charge on any atom is -0.377 e. The summed E-state index contributed by atoms with van der Waals surface area (Å²) >= 11 is 0. The Balaban J connectivity index is 4.23. The summed E-state index contributed by atoms with van der Waals surface area (Å²) in [6.45, 7) is 7.92. The summed E-state index contributed by atoms with van der Waals surface area (Å²) in [6.07, 6.45) is 0.156. The molecule has 0 aromatic carbocycles. The number of carbonyl (C=O) groups excluding carboxylic acids is 1. The van der Waals surface area contributed by atoms with Gasteiger partial charge in [-0.2, -0.15) is 0 Å². The number of amides is 1. The molecular formula is C13H29N3O2. The topological polar surface area (TPSA) is 67.6 Å². The molecule has 0 spiro atoms. The summed E-state index contributed by atoms with van der Waals surface area (Å²) in [5.41, 5.74) is 5.57. The summed E-state index contributed by atoms with van der Waals surface area (Å²) in [4.78, 5) is 14.0. The third kappa shape index (κ3) is 7.63. The number of carbonyl (C=O) groups is 1. The molecule has 0 aliphatic rings. The zero-order valence-corrected chi connectivity index (χ0v) is 12.4. The molecule has 0 aromatic heterocycles. The maximum absolute atomic E-state index is 11.9. The monoisotopic (exact) mass is 259 g/mol. The van der Waals surface area contributed by atoms with Crippen molar-refractivity contribution in [2.24, 2.45) is 11.7 Å². The predicted octanol–water partition coefficient (Wildman–Crippen LogP) is 0.443. The van der Waals surface area contributed by atoms with Crippen LogP contribution in [-0.4, -0.2) is 56.7 Å². The fraction of sp³-hybridized carbons (Fsp3) is 0.923. The lowest BCUT2D eigenvalue weighted by Gasteiger charge is -2.26. The number of ether oxygens (including phenoxy) is 1. The van der Waals surface area contributed by atoms with Gasteiger partial charge in [0.2, 0.25) is 5.91 Å². The number of likely N-dealkylation sites (N-methyl/N-ethyl adjacent to an activating group) is 1. The molecule has 0 heterocycles. The van der Waals surface area contributed by atoms with Gasteiger partial charge in [0.15, 0.2) is 0 Å². The van der Waals surface area contributed by atoms with Gasteiger partial charge in [-0.15, -0.1) is 0 Å². The van der Waals surface area contributed by atoms with Gasteiger partial charge in [0.1, 0.15) is 0 Å². The van der Waals surface area contributed by atoms with E-state index in [-0.39, 0.29) is 18.1 Å². The molecule has 1 amide bonds. The third-order valence-corrected chi connectivity index (χ3v) is 2.79. The minimum atomic E-state index is -0.179. The molecule has 0 aromatic rings. The van der Waals surface area contributed by atoms with Crippen molar-refractivity contribution in [1.29, 1.82) is 0 Å². The van der Waals surface area contributed by atoms with Crippen molar-refractivity contribution in [3.05, 3.63) is 0 Å². The van der Waals surface area contributed by atoms with Gasteiger partial charge < -0.3 is 20.7 Å². The van der Waals surface area contributed by atoms with Crippen LogP contribution in [0, 0.1) is 5.92 Å². The first kappa shape index (κ1) is 17.4. The Hall–Kier alpha value is -0.650. The number of hydrogen-bond acceptors (Lipinski definition) is 4. The zero-order valence-electron chi connectivity index (χ0n) is 12.4. The highest BCUT2D eigenvalue weighted by molar-refractivity contribution is 5.76. The van der Waals surface area contributed by atoms with Gasteiger partial charge >= 0.3 is 0 Å². The van der Waals surface area contributed by atoms with Crippen LogP contribution in [0.2, 0.25) is 0 Å². The van der Waals surface area contributed by atoms with Crippen LogP contribution >= 0.6 is 0 Å². The van der Waals surface area contributed by atoms with Gasteiger partial charge in [-0.1, -0.05) is 13.8 Å². The summed E-state index contributed by atoms with van der Waals surface area (Å²) in [6, 6.07) is 0.160. The Bertz CT molecular complexity index is 232. The van der Waals surface area contributed by atoms with Gasteiger partial charge in [0.05, 0.1) is 12.5 Å². The third-order valence-electron chi connectivity index (χ3n) is 2.79. The Morgan fingerprint density at radius 1 is 1.39 bits per heavy atom. The predicted molar refractivity (Wildman–Crippen MR) is 74.4 cm³/mol. The molecule has 5 heteroatoms. The van der Waals surface area contributed by atoms with Crippen LogP contribution in [0.15, 0.2) is 0 Å². The highest BCUT2D eigenvalue weighted by Gasteiger charge is 2.19. The molecule has 2 unspecified atom stereocenters. The fourth-order valence-corrected chi connectivity index (χ4v) is 1.74. The van der Waals surface area contributed by atoms with Gasteiger partial charge in [0, 0.05) is 25.7 Å². The molecule has 0 saturated carbocycles. The van der Waals surface area contributed by atoms with Crippen LogP contribution in [-0.2, 0) is 9.53 Å². The van der Waals surface area contributed by atoms with Crippen molar-refractivity contribution in [2.75, 3.05) is 33.8 Å². The summed E-state index contributed by atoms with van der Waals surface area (Å²) in [5, 5.41) is 3.05. The van der Waals surface area contributed by atoms with E-state index in [2.05, 4.69) is 24.1 Å². The molecule has 2 atom stereocenters. The van der Waals surface area contributed by atoms with E-state index in [0.29, 0.717) is 25.5 Å². The van der Waals surface area contributed by atoms with E-state index in [4.69, 9.17) is 10.5 Å². The van der Waals surface area contributed by atoms with Crippen molar-refractivity contribution in [3.8, 4) is 0 Å². The van der Waals surface area contributed by atoms with Crippen LogP contribution in [0.3, 0.4) is 0 Å². The number of rotatable bonds is 9. The van der Waals surface area contributed by atoms with Crippen LogP contribution < -0.4 is 11.1 Å². The van der Waals surface area contributed by atoms with Crippen molar-refractivity contribution in [2.45, 2.75) is 39.3 Å². The number of nitrogens with zero attached hydrogens (tertiary/aromatic N) is 1. The number of nitrogens with two attached hydrogens (primary N) is 1. The van der Waals surface area contributed by atoms with E-state index < -0.39 is 0 Å². The van der Waals surface area contributed by atoms with E-state index >= 15 is 0 Å². The fourth-order valence-electron chi connectivity index (χ4n) is 1.74. The average Bonchev–Trinajstić information content (AvgIpc) is 2.26. The number of nitrogens with one attached hydrogen (secondary N) is 1. The second kappa shape index (κ2) is 9.30. The summed E-state index contributed by atoms with van der Waals surface area (Å²) < 4.78 is 5.39. The van der Waals surface area contributed by atoms with Crippen molar-refractivity contribution >= 4 is 5.91 Å². The quantitative estimate of drug-likeness (QED) is 0.630.